The highest BCUT2D eigenvalue weighted by atomic mass is 35.5. The molecule has 1 aliphatic rings. The van der Waals surface area contributed by atoms with Gasteiger partial charge in [-0.1, -0.05) is 11.6 Å². The second-order valence-corrected chi connectivity index (χ2v) is 10.1. The molecule has 4 rings (SSSR count). The lowest BCUT2D eigenvalue weighted by atomic mass is 9.77. The smallest absolute Gasteiger partial charge is 0.321 e. The van der Waals surface area contributed by atoms with E-state index in [1.165, 1.54) is 0 Å². The number of rotatable bonds is 6. The van der Waals surface area contributed by atoms with Gasteiger partial charge in [-0.2, -0.15) is 4.98 Å². The van der Waals surface area contributed by atoms with E-state index in [4.69, 9.17) is 16.3 Å². The quantitative estimate of drug-likeness (QED) is 0.462. The lowest BCUT2D eigenvalue weighted by Gasteiger charge is -2.53. The van der Waals surface area contributed by atoms with Crippen LogP contribution in [0.3, 0.4) is 0 Å². The van der Waals surface area contributed by atoms with Crippen molar-refractivity contribution in [1.82, 2.24) is 24.8 Å². The number of aromatic nitrogens is 4. The molecule has 0 radical (unpaired) electrons. The van der Waals surface area contributed by atoms with E-state index in [2.05, 4.69) is 70.2 Å². The predicted molar refractivity (Wildman–Crippen MR) is 131 cm³/mol. The standard InChI is InChI=1S/C24H29ClFN7O/c1-23(2)12-16(13-24(3,4)33(23)5)30-20-18(26)14-29-21(32-20)31-15-7-8-19(17(25)11-15)34-22-27-9-6-10-28-22/h6-11,14,16H,12-13H2,1-5H3,(H2,29,30,31,32). The largest absolute Gasteiger partial charge is 0.423 e. The number of halogens is 2. The molecule has 34 heavy (non-hydrogen) atoms. The van der Waals surface area contributed by atoms with Crippen LogP contribution in [0.5, 0.6) is 11.8 Å². The van der Waals surface area contributed by atoms with Gasteiger partial charge < -0.3 is 15.4 Å². The molecule has 3 heterocycles. The molecule has 180 valence electrons. The van der Waals surface area contributed by atoms with Gasteiger partial charge in [0.15, 0.2) is 11.6 Å². The molecule has 0 saturated carbocycles. The first-order chi connectivity index (χ1) is 16.0. The van der Waals surface area contributed by atoms with Gasteiger partial charge in [0, 0.05) is 35.2 Å². The molecule has 1 saturated heterocycles. The number of nitrogens with zero attached hydrogens (tertiary/aromatic N) is 5. The molecule has 2 N–H and O–H groups in total. The zero-order chi connectivity index (χ0) is 24.5. The number of piperidine rings is 1. The molecule has 2 aromatic heterocycles. The Hall–Kier alpha value is -3.04. The fourth-order valence-corrected chi connectivity index (χ4v) is 4.64. The normalized spacial score (nSPS) is 17.9. The molecule has 1 aromatic carbocycles. The third-order valence-electron chi connectivity index (χ3n) is 6.32. The highest BCUT2D eigenvalue weighted by Gasteiger charge is 2.43. The van der Waals surface area contributed by atoms with Gasteiger partial charge in [0.2, 0.25) is 5.95 Å². The summed E-state index contributed by atoms with van der Waals surface area (Å²) in [5.74, 6) is 0.343. The van der Waals surface area contributed by atoms with Crippen molar-refractivity contribution < 1.29 is 9.13 Å². The van der Waals surface area contributed by atoms with E-state index in [1.54, 1.807) is 36.7 Å². The summed E-state index contributed by atoms with van der Waals surface area (Å²) in [6.45, 7) is 8.81. The van der Waals surface area contributed by atoms with Crippen LogP contribution in [0.4, 0.5) is 21.8 Å². The summed E-state index contributed by atoms with van der Waals surface area (Å²) in [5, 5.41) is 6.73. The molecule has 0 amide bonds. The van der Waals surface area contributed by atoms with Gasteiger partial charge in [-0.05, 0) is 71.8 Å². The molecule has 1 fully saturated rings. The van der Waals surface area contributed by atoms with Crippen LogP contribution >= 0.6 is 11.6 Å². The predicted octanol–water partition coefficient (Wildman–Crippen LogP) is 5.66. The van der Waals surface area contributed by atoms with Crippen LogP contribution in [-0.2, 0) is 0 Å². The zero-order valence-electron chi connectivity index (χ0n) is 19.9. The van der Waals surface area contributed by atoms with Crippen LogP contribution in [0.15, 0.2) is 42.9 Å². The second-order valence-electron chi connectivity index (χ2n) is 9.73. The Morgan fingerprint density at radius 3 is 2.41 bits per heavy atom. The van der Waals surface area contributed by atoms with E-state index >= 15 is 0 Å². The topological polar surface area (TPSA) is 88.1 Å². The van der Waals surface area contributed by atoms with E-state index in [1.807, 2.05) is 0 Å². The SMILES string of the molecule is CN1C(C)(C)CC(Nc2nc(Nc3ccc(Oc4ncccn4)c(Cl)c3)ncc2F)CC1(C)C. The number of ether oxygens (including phenoxy) is 1. The Bertz CT molecular complexity index is 1140. The maximum absolute atomic E-state index is 14.6. The van der Waals surface area contributed by atoms with Crippen molar-refractivity contribution in [2.75, 3.05) is 17.7 Å². The van der Waals surface area contributed by atoms with Gasteiger partial charge in [0.25, 0.3) is 0 Å². The first-order valence-electron chi connectivity index (χ1n) is 11.1. The molecule has 8 nitrogen and oxygen atoms in total. The van der Waals surface area contributed by atoms with Gasteiger partial charge in [0.1, 0.15) is 5.75 Å². The number of hydrogen-bond donors (Lipinski definition) is 2. The molecule has 0 unspecified atom stereocenters. The van der Waals surface area contributed by atoms with Gasteiger partial charge in [-0.15, -0.1) is 0 Å². The molecular formula is C24H29ClFN7O. The van der Waals surface area contributed by atoms with Crippen molar-refractivity contribution in [1.29, 1.82) is 0 Å². The van der Waals surface area contributed by atoms with E-state index in [0.29, 0.717) is 16.5 Å². The van der Waals surface area contributed by atoms with E-state index in [-0.39, 0.29) is 34.9 Å². The highest BCUT2D eigenvalue weighted by Crippen LogP contribution is 2.38. The Morgan fingerprint density at radius 2 is 1.76 bits per heavy atom. The monoisotopic (exact) mass is 485 g/mol. The fourth-order valence-electron chi connectivity index (χ4n) is 4.42. The fraction of sp³-hybridized carbons (Fsp3) is 0.417. The maximum Gasteiger partial charge on any atom is 0.321 e. The summed E-state index contributed by atoms with van der Waals surface area (Å²) < 4.78 is 20.2. The lowest BCUT2D eigenvalue weighted by molar-refractivity contribution is -0.00778. The summed E-state index contributed by atoms with van der Waals surface area (Å²) in [6, 6.07) is 7.08. The Morgan fingerprint density at radius 1 is 1.09 bits per heavy atom. The van der Waals surface area contributed by atoms with Gasteiger partial charge in [-0.25, -0.2) is 19.3 Å². The second kappa shape index (κ2) is 9.31. The first-order valence-corrected chi connectivity index (χ1v) is 11.5. The van der Waals surface area contributed by atoms with Crippen LogP contribution in [0.25, 0.3) is 0 Å². The molecule has 0 atom stereocenters. The molecule has 1 aliphatic heterocycles. The summed E-state index contributed by atoms with van der Waals surface area (Å²) >= 11 is 6.36. The molecule has 0 spiro atoms. The lowest BCUT2D eigenvalue weighted by Crippen LogP contribution is -2.61. The maximum atomic E-state index is 14.6. The number of anilines is 3. The van der Waals surface area contributed by atoms with Crippen LogP contribution in [0.1, 0.15) is 40.5 Å². The summed E-state index contributed by atoms with van der Waals surface area (Å²) in [7, 11) is 2.14. The van der Waals surface area contributed by atoms with Crippen LogP contribution in [-0.4, -0.2) is 49.0 Å². The molecule has 0 bridgehead atoms. The van der Waals surface area contributed by atoms with Crippen molar-refractivity contribution in [2.24, 2.45) is 0 Å². The summed E-state index contributed by atoms with van der Waals surface area (Å²) in [4.78, 5) is 18.9. The number of likely N-dealkylation sites (tertiary alicyclic amines) is 1. The zero-order valence-corrected chi connectivity index (χ0v) is 20.7. The van der Waals surface area contributed by atoms with Crippen LogP contribution in [0, 0.1) is 5.82 Å². The molecule has 3 aromatic rings. The van der Waals surface area contributed by atoms with Crippen LogP contribution in [0.2, 0.25) is 5.02 Å². The number of nitrogens with one attached hydrogen (secondary N) is 2. The minimum absolute atomic E-state index is 0.0324. The third kappa shape index (κ3) is 5.37. The third-order valence-corrected chi connectivity index (χ3v) is 6.62. The van der Waals surface area contributed by atoms with Crippen molar-refractivity contribution >= 4 is 29.1 Å². The number of hydrogen-bond acceptors (Lipinski definition) is 8. The van der Waals surface area contributed by atoms with Gasteiger partial charge in [0.05, 0.1) is 11.2 Å². The Labute approximate surface area is 204 Å². The number of benzene rings is 1. The van der Waals surface area contributed by atoms with Crippen molar-refractivity contribution in [2.45, 2.75) is 57.7 Å². The molecule has 10 heteroatoms. The van der Waals surface area contributed by atoms with Crippen molar-refractivity contribution in [3.8, 4) is 11.8 Å². The van der Waals surface area contributed by atoms with Gasteiger partial charge in [-0.3, -0.25) is 4.90 Å². The van der Waals surface area contributed by atoms with E-state index in [9.17, 15) is 4.39 Å². The van der Waals surface area contributed by atoms with Crippen LogP contribution < -0.4 is 15.4 Å². The Balaban J connectivity index is 1.48. The minimum Gasteiger partial charge on any atom is -0.423 e. The Kier molecular flexibility index (Phi) is 6.60. The van der Waals surface area contributed by atoms with Crippen molar-refractivity contribution in [3.05, 3.63) is 53.7 Å². The molecule has 0 aliphatic carbocycles. The summed E-state index contributed by atoms with van der Waals surface area (Å²) in [5.41, 5.74) is 0.565. The van der Waals surface area contributed by atoms with E-state index < -0.39 is 5.82 Å². The first kappa shape index (κ1) is 24.1. The van der Waals surface area contributed by atoms with E-state index in [0.717, 1.165) is 19.0 Å². The van der Waals surface area contributed by atoms with Gasteiger partial charge >= 0.3 is 6.01 Å². The van der Waals surface area contributed by atoms with Crippen molar-refractivity contribution in [3.63, 3.8) is 0 Å². The molecular weight excluding hydrogens is 457 g/mol. The highest BCUT2D eigenvalue weighted by molar-refractivity contribution is 6.32. The summed E-state index contributed by atoms with van der Waals surface area (Å²) in [6.07, 6.45) is 6.05. The average Bonchev–Trinajstić information content (AvgIpc) is 2.77. The average molecular weight is 486 g/mol. The minimum atomic E-state index is -0.496.